The van der Waals surface area contributed by atoms with E-state index in [1.807, 2.05) is 25.1 Å². The summed E-state index contributed by atoms with van der Waals surface area (Å²) in [5, 5.41) is 3.96. The highest BCUT2D eigenvalue weighted by atomic mass is 32.2. The fourth-order valence-corrected chi connectivity index (χ4v) is 3.16. The van der Waals surface area contributed by atoms with E-state index in [0.717, 1.165) is 17.4 Å². The molecule has 0 aliphatic rings. The number of nitrogens with zero attached hydrogens (tertiary/aromatic N) is 1. The lowest BCUT2D eigenvalue weighted by molar-refractivity contribution is 0.603. The van der Waals surface area contributed by atoms with E-state index < -0.39 is 9.84 Å². The van der Waals surface area contributed by atoms with Gasteiger partial charge in [-0.1, -0.05) is 6.07 Å². The van der Waals surface area contributed by atoms with Crippen LogP contribution in [-0.4, -0.2) is 37.7 Å². The Balaban J connectivity index is 2.51. The highest BCUT2D eigenvalue weighted by Crippen LogP contribution is 2.17. The van der Waals surface area contributed by atoms with Crippen LogP contribution in [0, 0.1) is 0 Å². The predicted octanol–water partition coefficient (Wildman–Crippen LogP) is 1.65. The van der Waals surface area contributed by atoms with E-state index in [1.54, 1.807) is 0 Å². The summed E-state index contributed by atoms with van der Waals surface area (Å²) < 4.78 is 21.9. The van der Waals surface area contributed by atoms with E-state index in [9.17, 15) is 8.42 Å². The van der Waals surface area contributed by atoms with E-state index >= 15 is 0 Å². The van der Waals surface area contributed by atoms with Crippen molar-refractivity contribution in [2.24, 2.45) is 0 Å². The van der Waals surface area contributed by atoms with Gasteiger partial charge in [-0.05, 0) is 19.1 Å². The Labute approximate surface area is 101 Å². The average Bonchev–Trinajstić information content (AvgIpc) is 2.17. The molecule has 6 heteroatoms. The van der Waals surface area contributed by atoms with Crippen LogP contribution < -0.4 is 5.32 Å². The van der Waals surface area contributed by atoms with Crippen molar-refractivity contribution in [2.75, 3.05) is 29.6 Å². The molecule has 0 amide bonds. The third kappa shape index (κ3) is 5.37. The quantitative estimate of drug-likeness (QED) is 0.788. The minimum atomic E-state index is -2.88. The first-order chi connectivity index (χ1) is 7.51. The number of anilines is 1. The summed E-state index contributed by atoms with van der Waals surface area (Å²) in [7, 11) is -2.88. The molecule has 0 fully saturated rings. The van der Waals surface area contributed by atoms with Crippen LogP contribution in [0.4, 0.5) is 5.82 Å². The molecule has 0 bridgehead atoms. The van der Waals surface area contributed by atoms with Crippen molar-refractivity contribution in [1.29, 1.82) is 0 Å². The third-order valence-corrected chi connectivity index (χ3v) is 3.92. The van der Waals surface area contributed by atoms with E-state index in [1.165, 1.54) is 18.0 Å². The molecule has 0 saturated carbocycles. The van der Waals surface area contributed by atoms with Gasteiger partial charge in [0.1, 0.15) is 15.7 Å². The van der Waals surface area contributed by atoms with Crippen molar-refractivity contribution in [2.45, 2.75) is 11.9 Å². The average molecular weight is 260 g/mol. The zero-order valence-corrected chi connectivity index (χ0v) is 11.1. The van der Waals surface area contributed by atoms with Gasteiger partial charge in [0, 0.05) is 18.6 Å². The van der Waals surface area contributed by atoms with Crippen molar-refractivity contribution in [3.63, 3.8) is 0 Å². The van der Waals surface area contributed by atoms with Crippen LogP contribution in [0.2, 0.25) is 0 Å². The molecule has 0 unspecified atom stereocenters. The van der Waals surface area contributed by atoms with Crippen LogP contribution in [0.5, 0.6) is 0 Å². The van der Waals surface area contributed by atoms with Crippen LogP contribution in [0.1, 0.15) is 6.92 Å². The van der Waals surface area contributed by atoms with Crippen LogP contribution >= 0.6 is 11.8 Å². The fraction of sp³-hybridized carbons (Fsp3) is 0.500. The van der Waals surface area contributed by atoms with E-state index in [-0.39, 0.29) is 5.75 Å². The number of nitrogens with one attached hydrogen (secondary N) is 1. The molecular weight excluding hydrogens is 244 g/mol. The van der Waals surface area contributed by atoms with E-state index in [0.29, 0.717) is 5.75 Å². The van der Waals surface area contributed by atoms with Gasteiger partial charge in [-0.2, -0.15) is 0 Å². The lowest BCUT2D eigenvalue weighted by Crippen LogP contribution is -2.05. The van der Waals surface area contributed by atoms with Gasteiger partial charge >= 0.3 is 0 Å². The maximum absolute atomic E-state index is 10.9. The molecule has 1 N–H and O–H groups in total. The lowest BCUT2D eigenvalue weighted by Gasteiger charge is -2.04. The van der Waals surface area contributed by atoms with Crippen LogP contribution in [0.25, 0.3) is 0 Å². The van der Waals surface area contributed by atoms with E-state index in [4.69, 9.17) is 0 Å². The number of hydrogen-bond acceptors (Lipinski definition) is 5. The summed E-state index contributed by atoms with van der Waals surface area (Å²) in [4.78, 5) is 4.34. The normalized spacial score (nSPS) is 11.4. The summed E-state index contributed by atoms with van der Waals surface area (Å²) in [6.07, 6.45) is 1.25. The molecule has 0 saturated heterocycles. The molecule has 16 heavy (non-hydrogen) atoms. The molecule has 0 atom stereocenters. The second kappa shape index (κ2) is 6.10. The first-order valence-corrected chi connectivity index (χ1v) is 8.07. The first-order valence-electron chi connectivity index (χ1n) is 5.02. The first kappa shape index (κ1) is 13.3. The molecule has 1 aromatic heterocycles. The van der Waals surface area contributed by atoms with E-state index in [2.05, 4.69) is 10.3 Å². The lowest BCUT2D eigenvalue weighted by atomic mass is 10.4. The number of thioether (sulfide) groups is 1. The topological polar surface area (TPSA) is 59.1 Å². The Morgan fingerprint density at radius 1 is 1.44 bits per heavy atom. The largest absolute Gasteiger partial charge is 0.370 e. The summed E-state index contributed by atoms with van der Waals surface area (Å²) in [5.41, 5.74) is 0. The number of aromatic nitrogens is 1. The smallest absolute Gasteiger partial charge is 0.148 e. The number of rotatable bonds is 6. The van der Waals surface area contributed by atoms with Crippen molar-refractivity contribution < 1.29 is 8.42 Å². The molecule has 1 aromatic rings. The van der Waals surface area contributed by atoms with Crippen molar-refractivity contribution in [3.8, 4) is 0 Å². The monoisotopic (exact) mass is 260 g/mol. The Morgan fingerprint density at radius 2 is 2.19 bits per heavy atom. The Morgan fingerprint density at radius 3 is 2.81 bits per heavy atom. The molecule has 4 nitrogen and oxygen atoms in total. The maximum atomic E-state index is 10.9. The number of pyridine rings is 1. The van der Waals surface area contributed by atoms with Gasteiger partial charge in [-0.3, -0.25) is 0 Å². The second-order valence-electron chi connectivity index (χ2n) is 3.37. The summed E-state index contributed by atoms with van der Waals surface area (Å²) in [6, 6.07) is 5.69. The fourth-order valence-electron chi connectivity index (χ4n) is 1.07. The molecular formula is C10H16N2O2S2. The number of sulfone groups is 1. The molecule has 0 aromatic carbocycles. The Hall–Kier alpha value is -0.750. The Bertz CT molecular complexity index is 432. The van der Waals surface area contributed by atoms with Gasteiger partial charge in [0.25, 0.3) is 0 Å². The number of hydrogen-bond donors (Lipinski definition) is 1. The zero-order valence-electron chi connectivity index (χ0n) is 9.43. The molecule has 0 aliphatic carbocycles. The molecule has 1 rings (SSSR count). The third-order valence-electron chi connectivity index (χ3n) is 1.79. The van der Waals surface area contributed by atoms with Gasteiger partial charge in [0.2, 0.25) is 0 Å². The SMILES string of the molecule is CCNc1cccc(SCCS(C)(=O)=O)n1. The van der Waals surface area contributed by atoms with Crippen molar-refractivity contribution in [3.05, 3.63) is 18.2 Å². The highest BCUT2D eigenvalue weighted by molar-refractivity contribution is 8.00. The molecule has 90 valence electrons. The molecule has 0 radical (unpaired) electrons. The van der Waals surface area contributed by atoms with Gasteiger partial charge in [-0.15, -0.1) is 11.8 Å². The predicted molar refractivity (Wildman–Crippen MR) is 68.8 cm³/mol. The highest BCUT2D eigenvalue weighted by Gasteiger charge is 2.03. The van der Waals surface area contributed by atoms with Gasteiger partial charge in [0.05, 0.1) is 10.8 Å². The summed E-state index contributed by atoms with van der Waals surface area (Å²) >= 11 is 1.46. The standard InChI is InChI=1S/C10H16N2O2S2/c1-3-11-9-5-4-6-10(12-9)15-7-8-16(2,13)14/h4-6H,3,7-8H2,1-2H3,(H,11,12). The van der Waals surface area contributed by atoms with Gasteiger partial charge < -0.3 is 5.32 Å². The van der Waals surface area contributed by atoms with Crippen LogP contribution in [0.3, 0.4) is 0 Å². The van der Waals surface area contributed by atoms with Gasteiger partial charge in [0.15, 0.2) is 0 Å². The summed E-state index contributed by atoms with van der Waals surface area (Å²) in [5.74, 6) is 1.55. The molecule has 1 heterocycles. The summed E-state index contributed by atoms with van der Waals surface area (Å²) in [6.45, 7) is 2.83. The van der Waals surface area contributed by atoms with Crippen LogP contribution in [0.15, 0.2) is 23.2 Å². The molecule has 0 spiro atoms. The van der Waals surface area contributed by atoms with Crippen LogP contribution in [-0.2, 0) is 9.84 Å². The van der Waals surface area contributed by atoms with Gasteiger partial charge in [-0.25, -0.2) is 13.4 Å². The zero-order chi connectivity index (χ0) is 12.0. The molecule has 0 aliphatic heterocycles. The minimum absolute atomic E-state index is 0.185. The van der Waals surface area contributed by atoms with Crippen molar-refractivity contribution >= 4 is 27.4 Å². The Kier molecular flexibility index (Phi) is 5.08. The second-order valence-corrected chi connectivity index (χ2v) is 6.74. The minimum Gasteiger partial charge on any atom is -0.370 e. The maximum Gasteiger partial charge on any atom is 0.148 e. The van der Waals surface area contributed by atoms with Crippen molar-refractivity contribution in [1.82, 2.24) is 4.98 Å².